The van der Waals surface area contributed by atoms with Crippen LogP contribution < -0.4 is 0 Å². The third-order valence-corrected chi connectivity index (χ3v) is 6.16. The Labute approximate surface area is 155 Å². The summed E-state index contributed by atoms with van der Waals surface area (Å²) in [5.41, 5.74) is 2.42. The van der Waals surface area contributed by atoms with Gasteiger partial charge in [0.15, 0.2) is 11.0 Å². The molecule has 0 amide bonds. The van der Waals surface area contributed by atoms with Crippen LogP contribution >= 0.6 is 23.1 Å². The van der Waals surface area contributed by atoms with E-state index in [2.05, 4.69) is 63.5 Å². The van der Waals surface area contributed by atoms with Crippen molar-refractivity contribution in [2.45, 2.75) is 42.6 Å². The molecule has 0 spiro atoms. The molecule has 4 rings (SSSR count). The average molecular weight is 367 g/mol. The van der Waals surface area contributed by atoms with E-state index in [9.17, 15) is 5.26 Å². The molecule has 4 nitrogen and oxygen atoms in total. The largest absolute Gasteiger partial charge is 0.298 e. The number of aromatic nitrogens is 3. The van der Waals surface area contributed by atoms with Gasteiger partial charge < -0.3 is 0 Å². The summed E-state index contributed by atoms with van der Waals surface area (Å²) < 4.78 is 2.23. The summed E-state index contributed by atoms with van der Waals surface area (Å²) in [6.07, 6.45) is 3.05. The van der Waals surface area contributed by atoms with Gasteiger partial charge in [-0.25, -0.2) is 0 Å². The van der Waals surface area contributed by atoms with Crippen LogP contribution in [0.2, 0.25) is 0 Å². The van der Waals surface area contributed by atoms with Gasteiger partial charge in [0.1, 0.15) is 5.25 Å². The first-order chi connectivity index (χ1) is 12.2. The molecule has 1 saturated carbocycles. The normalized spacial score (nSPS) is 15.0. The molecule has 2 aromatic heterocycles. The van der Waals surface area contributed by atoms with Crippen molar-refractivity contribution in [2.75, 3.05) is 0 Å². The van der Waals surface area contributed by atoms with Gasteiger partial charge in [-0.15, -0.1) is 21.5 Å². The second-order valence-electron chi connectivity index (χ2n) is 6.31. The predicted octanol–water partition coefficient (Wildman–Crippen LogP) is 4.88. The maximum absolute atomic E-state index is 9.61. The Kier molecular flexibility index (Phi) is 4.60. The quantitative estimate of drug-likeness (QED) is 0.584. The zero-order chi connectivity index (χ0) is 17.2. The van der Waals surface area contributed by atoms with Crippen LogP contribution in [0.1, 0.15) is 30.0 Å². The third-order valence-electron chi connectivity index (χ3n) is 4.25. The average Bonchev–Trinajstić information content (AvgIpc) is 3.15. The van der Waals surface area contributed by atoms with Crippen LogP contribution in [0.25, 0.3) is 10.7 Å². The smallest absolute Gasteiger partial charge is 0.193 e. The van der Waals surface area contributed by atoms with Crippen molar-refractivity contribution < 1.29 is 0 Å². The third kappa shape index (κ3) is 3.63. The van der Waals surface area contributed by atoms with Crippen LogP contribution in [0.3, 0.4) is 0 Å². The van der Waals surface area contributed by atoms with Gasteiger partial charge in [0.2, 0.25) is 0 Å². The Bertz CT molecular complexity index is 887. The van der Waals surface area contributed by atoms with E-state index >= 15 is 0 Å². The Hall–Kier alpha value is -2.10. The molecule has 0 N–H and O–H groups in total. The van der Waals surface area contributed by atoms with Gasteiger partial charge in [-0.05, 0) is 43.2 Å². The predicted molar refractivity (Wildman–Crippen MR) is 102 cm³/mol. The summed E-state index contributed by atoms with van der Waals surface area (Å²) in [5.74, 6) is 0.937. The number of rotatable bonds is 6. The van der Waals surface area contributed by atoms with Crippen molar-refractivity contribution in [3.05, 3.63) is 52.9 Å². The number of benzene rings is 1. The van der Waals surface area contributed by atoms with Crippen molar-refractivity contribution in [3.8, 4) is 16.8 Å². The van der Waals surface area contributed by atoms with E-state index in [0.29, 0.717) is 12.5 Å². The summed E-state index contributed by atoms with van der Waals surface area (Å²) in [7, 11) is 0. The second-order valence-corrected chi connectivity index (χ2v) is 8.43. The number of nitriles is 1. The van der Waals surface area contributed by atoms with E-state index in [4.69, 9.17) is 0 Å². The lowest BCUT2D eigenvalue weighted by Gasteiger charge is -2.11. The first-order valence-corrected chi connectivity index (χ1v) is 10.1. The first kappa shape index (κ1) is 16.4. The van der Waals surface area contributed by atoms with E-state index in [1.807, 2.05) is 6.07 Å². The molecule has 2 heterocycles. The molecule has 3 aromatic rings. The Morgan fingerprint density at radius 3 is 2.72 bits per heavy atom. The summed E-state index contributed by atoms with van der Waals surface area (Å²) in [5, 5.41) is 21.2. The molecule has 25 heavy (non-hydrogen) atoms. The highest BCUT2D eigenvalue weighted by Crippen LogP contribution is 2.42. The van der Waals surface area contributed by atoms with Crippen LogP contribution in [-0.2, 0) is 6.42 Å². The highest BCUT2D eigenvalue weighted by atomic mass is 32.2. The zero-order valence-electron chi connectivity index (χ0n) is 13.9. The van der Waals surface area contributed by atoms with Crippen molar-refractivity contribution >= 4 is 23.1 Å². The minimum absolute atomic E-state index is 0.166. The van der Waals surface area contributed by atoms with Crippen molar-refractivity contribution in [1.29, 1.82) is 5.26 Å². The van der Waals surface area contributed by atoms with E-state index in [-0.39, 0.29) is 5.25 Å². The van der Waals surface area contributed by atoms with E-state index in [1.54, 1.807) is 11.3 Å². The van der Waals surface area contributed by atoms with Crippen LogP contribution in [0.4, 0.5) is 0 Å². The maximum atomic E-state index is 9.61. The minimum atomic E-state index is -0.166. The van der Waals surface area contributed by atoms with E-state index in [1.165, 1.54) is 35.7 Å². The zero-order valence-corrected chi connectivity index (χ0v) is 15.6. The van der Waals surface area contributed by atoms with Crippen LogP contribution in [0.15, 0.2) is 46.9 Å². The molecule has 6 heteroatoms. The van der Waals surface area contributed by atoms with Gasteiger partial charge in [-0.2, -0.15) is 5.26 Å². The maximum Gasteiger partial charge on any atom is 0.193 e. The van der Waals surface area contributed by atoms with Crippen LogP contribution in [0.5, 0.6) is 0 Å². The van der Waals surface area contributed by atoms with E-state index < -0.39 is 0 Å². The monoisotopic (exact) mass is 366 g/mol. The van der Waals surface area contributed by atoms with Gasteiger partial charge >= 0.3 is 0 Å². The molecule has 126 valence electrons. The Morgan fingerprint density at radius 2 is 2.08 bits per heavy atom. The highest BCUT2D eigenvalue weighted by Gasteiger charge is 2.31. The number of thioether (sulfide) groups is 1. The molecular formula is C19H18N4S2. The fourth-order valence-electron chi connectivity index (χ4n) is 2.77. The van der Waals surface area contributed by atoms with Crippen molar-refractivity contribution in [2.24, 2.45) is 0 Å². The minimum Gasteiger partial charge on any atom is -0.298 e. The topological polar surface area (TPSA) is 54.5 Å². The number of thiophene rings is 1. The summed E-state index contributed by atoms with van der Waals surface area (Å²) in [6, 6.07) is 15.4. The summed E-state index contributed by atoms with van der Waals surface area (Å²) in [4.78, 5) is 1.14. The second kappa shape index (κ2) is 7.03. The molecule has 1 fully saturated rings. The van der Waals surface area contributed by atoms with Gasteiger partial charge in [0.25, 0.3) is 0 Å². The highest BCUT2D eigenvalue weighted by molar-refractivity contribution is 8.00. The van der Waals surface area contributed by atoms with Gasteiger partial charge in [-0.3, -0.25) is 4.57 Å². The summed E-state index contributed by atoms with van der Waals surface area (Å²) >= 11 is 3.21. The fraction of sp³-hybridized carbons (Fsp3) is 0.316. The molecule has 0 bridgehead atoms. The van der Waals surface area contributed by atoms with Gasteiger partial charge in [0, 0.05) is 6.04 Å². The Balaban J connectivity index is 1.57. The lowest BCUT2D eigenvalue weighted by atomic mass is 10.1. The number of hydrogen-bond acceptors (Lipinski definition) is 5. The lowest BCUT2D eigenvalue weighted by Crippen LogP contribution is -2.07. The van der Waals surface area contributed by atoms with Crippen LogP contribution in [-0.4, -0.2) is 20.0 Å². The molecule has 0 unspecified atom stereocenters. The van der Waals surface area contributed by atoms with Crippen LogP contribution in [0, 0.1) is 18.3 Å². The van der Waals surface area contributed by atoms with Gasteiger partial charge in [0.05, 0.1) is 10.9 Å². The fourth-order valence-corrected chi connectivity index (χ4v) is 4.50. The first-order valence-electron chi connectivity index (χ1n) is 8.35. The molecule has 0 radical (unpaired) electrons. The molecule has 1 aliphatic carbocycles. The molecule has 1 atom stereocenters. The Morgan fingerprint density at radius 1 is 1.28 bits per heavy atom. The van der Waals surface area contributed by atoms with Gasteiger partial charge in [-0.1, -0.05) is 47.7 Å². The molecular weight excluding hydrogens is 348 g/mol. The molecule has 0 aliphatic heterocycles. The molecule has 0 saturated heterocycles. The number of nitrogens with zero attached hydrogens (tertiary/aromatic N) is 4. The lowest BCUT2D eigenvalue weighted by molar-refractivity contribution is 0.669. The number of aryl methyl sites for hydroxylation is 1. The SMILES string of the molecule is Cc1ccc(C[C@@H](C#N)Sc2nnc(-c3cccs3)n2C2CC2)cc1. The molecule has 1 aromatic carbocycles. The standard InChI is InChI=1S/C19H18N4S2/c1-13-4-6-14(7-5-13)11-16(12-20)25-19-22-21-18(17-3-2-10-24-17)23(19)15-8-9-15/h2-7,10,15-16H,8-9,11H2,1H3/t16-/m0/s1. The summed E-state index contributed by atoms with van der Waals surface area (Å²) in [6.45, 7) is 2.07. The van der Waals surface area contributed by atoms with Crippen molar-refractivity contribution in [1.82, 2.24) is 14.8 Å². The number of hydrogen-bond donors (Lipinski definition) is 0. The molecule has 1 aliphatic rings. The van der Waals surface area contributed by atoms with Crippen molar-refractivity contribution in [3.63, 3.8) is 0 Å². The van der Waals surface area contributed by atoms with E-state index in [0.717, 1.165) is 15.9 Å².